The molecule has 0 aliphatic rings. The van der Waals surface area contributed by atoms with Crippen LogP contribution >= 0.6 is 0 Å². The Hall–Kier alpha value is -3.68. The van der Waals surface area contributed by atoms with Gasteiger partial charge in [-0.25, -0.2) is 0 Å². The molecule has 0 aromatic heterocycles. The van der Waals surface area contributed by atoms with Crippen LogP contribution in [0.5, 0.6) is 23.0 Å². The first kappa shape index (κ1) is 33.5. The summed E-state index contributed by atoms with van der Waals surface area (Å²) in [5.41, 5.74) is 8.17. The molecule has 226 valence electrons. The maximum absolute atomic E-state index is 12.9. The summed E-state index contributed by atoms with van der Waals surface area (Å²) in [6, 6.07) is 8.84. The lowest BCUT2D eigenvalue weighted by Gasteiger charge is -2.23. The third-order valence-corrected chi connectivity index (χ3v) is 7.63. The number of aromatic hydroxyl groups is 2. The molecule has 0 fully saturated rings. The molecule has 0 aliphatic carbocycles. The Bertz CT molecular complexity index is 1180. The third-order valence-electron chi connectivity index (χ3n) is 7.63. The summed E-state index contributed by atoms with van der Waals surface area (Å²) in [6.07, 6.45) is 11.2. The van der Waals surface area contributed by atoms with Gasteiger partial charge >= 0.3 is 0 Å². The third kappa shape index (κ3) is 11.0. The van der Waals surface area contributed by atoms with Gasteiger partial charge < -0.3 is 30.7 Å². The number of nitrogens with one attached hydrogen (secondary N) is 1. The van der Waals surface area contributed by atoms with E-state index in [9.17, 15) is 15.0 Å². The summed E-state index contributed by atoms with van der Waals surface area (Å²) in [7, 11) is 4.59. The SMILES string of the molecule is CCC[C@H](C)CCC[C@H](C)[C@H](C=CC(=O)CCc1ccc(O)c(OC)c1)Cc1cc(NC(N)=NC)c(O)c(OC)c1. The molecular formula is C33H49N3O5. The number of allylic oxidation sites excluding steroid dienone is 2. The maximum atomic E-state index is 12.9. The number of hydrogen-bond acceptors (Lipinski definition) is 6. The second kappa shape index (κ2) is 17.2. The van der Waals surface area contributed by atoms with Crippen molar-refractivity contribution < 1.29 is 24.5 Å². The Morgan fingerprint density at radius 2 is 1.76 bits per heavy atom. The highest BCUT2D eigenvalue weighted by Gasteiger charge is 2.19. The molecule has 2 aromatic carbocycles. The van der Waals surface area contributed by atoms with Crippen molar-refractivity contribution in [2.75, 3.05) is 26.6 Å². The molecule has 0 unspecified atom stereocenters. The van der Waals surface area contributed by atoms with Crippen LogP contribution in [0, 0.1) is 17.8 Å². The second-order valence-corrected chi connectivity index (χ2v) is 10.9. The van der Waals surface area contributed by atoms with Crippen molar-refractivity contribution in [2.45, 2.75) is 72.1 Å². The van der Waals surface area contributed by atoms with Crippen LogP contribution in [-0.2, 0) is 17.6 Å². The molecule has 0 aliphatic heterocycles. The molecule has 0 heterocycles. The number of nitrogens with zero attached hydrogens (tertiary/aromatic N) is 1. The van der Waals surface area contributed by atoms with Crippen molar-refractivity contribution in [3.8, 4) is 23.0 Å². The molecule has 5 N–H and O–H groups in total. The lowest BCUT2D eigenvalue weighted by atomic mass is 9.83. The number of hydrogen-bond donors (Lipinski definition) is 4. The smallest absolute Gasteiger partial charge is 0.192 e. The second-order valence-electron chi connectivity index (χ2n) is 10.9. The van der Waals surface area contributed by atoms with E-state index in [1.54, 1.807) is 31.3 Å². The number of aliphatic imine (C=N–C) groups is 1. The van der Waals surface area contributed by atoms with E-state index in [1.807, 2.05) is 18.2 Å². The fourth-order valence-electron chi connectivity index (χ4n) is 5.06. The van der Waals surface area contributed by atoms with Gasteiger partial charge in [-0.1, -0.05) is 65.0 Å². The van der Waals surface area contributed by atoms with Gasteiger partial charge in [-0.15, -0.1) is 0 Å². The van der Waals surface area contributed by atoms with E-state index in [2.05, 4.69) is 31.1 Å². The average molecular weight is 568 g/mol. The number of phenolic OH excluding ortho intramolecular Hbond substituents is 2. The highest BCUT2D eigenvalue weighted by molar-refractivity contribution is 5.94. The van der Waals surface area contributed by atoms with Gasteiger partial charge in [0, 0.05) is 13.5 Å². The van der Waals surface area contributed by atoms with E-state index in [1.165, 1.54) is 33.5 Å². The normalized spacial score (nSPS) is 14.0. The minimum atomic E-state index is -0.0334. The summed E-state index contributed by atoms with van der Waals surface area (Å²) < 4.78 is 10.6. The van der Waals surface area contributed by atoms with Crippen molar-refractivity contribution in [3.05, 3.63) is 53.6 Å². The summed E-state index contributed by atoms with van der Waals surface area (Å²) in [4.78, 5) is 16.8. The molecule has 8 nitrogen and oxygen atoms in total. The molecule has 0 spiro atoms. The predicted molar refractivity (Wildman–Crippen MR) is 167 cm³/mol. The van der Waals surface area contributed by atoms with Gasteiger partial charge in [0.1, 0.15) is 0 Å². The topological polar surface area (TPSA) is 126 Å². The van der Waals surface area contributed by atoms with Crippen LogP contribution in [0.25, 0.3) is 0 Å². The summed E-state index contributed by atoms with van der Waals surface area (Å²) >= 11 is 0. The first-order chi connectivity index (χ1) is 19.6. The molecule has 41 heavy (non-hydrogen) atoms. The first-order valence-corrected chi connectivity index (χ1v) is 14.6. The van der Waals surface area contributed by atoms with Crippen LogP contribution in [0.15, 0.2) is 47.5 Å². The Morgan fingerprint density at radius 1 is 1.05 bits per heavy atom. The predicted octanol–water partition coefficient (Wildman–Crippen LogP) is 6.63. The summed E-state index contributed by atoms with van der Waals surface area (Å²) in [5.74, 6) is 2.18. The lowest BCUT2D eigenvalue weighted by Crippen LogP contribution is -2.22. The number of methoxy groups -OCH3 is 2. The average Bonchev–Trinajstić information content (AvgIpc) is 2.96. The minimum Gasteiger partial charge on any atom is -0.504 e. The van der Waals surface area contributed by atoms with Crippen molar-refractivity contribution in [1.29, 1.82) is 0 Å². The number of carbonyl (C=O) groups excluding carboxylic acids is 1. The van der Waals surface area contributed by atoms with Crippen LogP contribution in [-0.4, -0.2) is 43.2 Å². The largest absolute Gasteiger partial charge is 0.504 e. The maximum Gasteiger partial charge on any atom is 0.192 e. The molecule has 2 rings (SSSR count). The molecule has 0 saturated heterocycles. The molecule has 0 saturated carbocycles. The van der Waals surface area contributed by atoms with Gasteiger partial charge in [0.25, 0.3) is 0 Å². The molecule has 2 aromatic rings. The number of carbonyl (C=O) groups is 1. The van der Waals surface area contributed by atoms with Crippen LogP contribution in [0.1, 0.15) is 70.4 Å². The van der Waals surface area contributed by atoms with Gasteiger partial charge in [0.05, 0.1) is 19.9 Å². The van der Waals surface area contributed by atoms with E-state index in [-0.39, 0.29) is 29.2 Å². The Labute approximate surface area is 245 Å². The number of rotatable bonds is 17. The lowest BCUT2D eigenvalue weighted by molar-refractivity contribution is -0.114. The van der Waals surface area contributed by atoms with Gasteiger partial charge in [0.15, 0.2) is 34.7 Å². The number of benzene rings is 2. The minimum absolute atomic E-state index is 0.0334. The number of ketones is 1. The number of ether oxygens (including phenoxy) is 2. The van der Waals surface area contributed by atoms with Crippen molar-refractivity contribution in [3.63, 3.8) is 0 Å². The van der Waals surface area contributed by atoms with Crippen LogP contribution < -0.4 is 20.5 Å². The zero-order chi connectivity index (χ0) is 30.4. The first-order valence-electron chi connectivity index (χ1n) is 14.6. The fourth-order valence-corrected chi connectivity index (χ4v) is 5.06. The Kier molecular flexibility index (Phi) is 14.1. The number of anilines is 1. The van der Waals surface area contributed by atoms with Crippen LogP contribution in [0.4, 0.5) is 5.69 Å². The van der Waals surface area contributed by atoms with Crippen molar-refractivity contribution >= 4 is 17.4 Å². The monoisotopic (exact) mass is 567 g/mol. The number of phenols is 2. The van der Waals surface area contributed by atoms with E-state index in [0.29, 0.717) is 48.3 Å². The quantitative estimate of drug-likeness (QED) is 0.0731. The van der Waals surface area contributed by atoms with E-state index in [0.717, 1.165) is 24.0 Å². The van der Waals surface area contributed by atoms with Crippen LogP contribution in [0.3, 0.4) is 0 Å². The zero-order valence-corrected chi connectivity index (χ0v) is 25.6. The van der Waals surface area contributed by atoms with Gasteiger partial charge in [-0.05, 0) is 72.1 Å². The zero-order valence-electron chi connectivity index (χ0n) is 25.6. The van der Waals surface area contributed by atoms with Gasteiger partial charge in [0.2, 0.25) is 0 Å². The standard InChI is InChI=1S/C33H49N3O5/c1-7-9-22(2)10-8-11-23(3)26(14-16-27(37)15-12-24-13-17-29(38)30(20-24)40-5)18-25-19-28(36-33(34)35-4)32(39)31(21-25)41-6/h13-14,16-17,19-23,26,38-39H,7-12,15,18H2,1-6H3,(H3,34,35,36)/t22-,23-,26+/m0/s1. The van der Waals surface area contributed by atoms with Crippen LogP contribution in [0.2, 0.25) is 0 Å². The molecular weight excluding hydrogens is 518 g/mol. The van der Waals surface area contributed by atoms with E-state index >= 15 is 0 Å². The summed E-state index contributed by atoms with van der Waals surface area (Å²) in [5, 5.41) is 23.4. The molecule has 0 amide bonds. The molecule has 8 heteroatoms. The van der Waals surface area contributed by atoms with Crippen molar-refractivity contribution in [2.24, 2.45) is 28.5 Å². The van der Waals surface area contributed by atoms with E-state index in [4.69, 9.17) is 15.2 Å². The molecule has 0 radical (unpaired) electrons. The summed E-state index contributed by atoms with van der Waals surface area (Å²) in [6.45, 7) is 6.78. The fraction of sp³-hybridized carbons (Fsp3) is 0.515. The molecule has 3 atom stereocenters. The Morgan fingerprint density at radius 3 is 2.41 bits per heavy atom. The highest BCUT2D eigenvalue weighted by atomic mass is 16.5. The highest BCUT2D eigenvalue weighted by Crippen LogP contribution is 2.37. The van der Waals surface area contributed by atoms with Crippen molar-refractivity contribution in [1.82, 2.24) is 0 Å². The van der Waals surface area contributed by atoms with Gasteiger partial charge in [-0.3, -0.25) is 9.79 Å². The van der Waals surface area contributed by atoms with E-state index < -0.39 is 0 Å². The number of nitrogens with two attached hydrogens (primary N) is 1. The molecule has 0 bridgehead atoms. The Balaban J connectivity index is 2.22. The van der Waals surface area contributed by atoms with Gasteiger partial charge in [-0.2, -0.15) is 0 Å². The number of guanidine groups is 1. The number of aryl methyl sites for hydroxylation is 1.